The van der Waals surface area contributed by atoms with Gasteiger partial charge in [-0.15, -0.1) is 0 Å². The Kier molecular flexibility index (Phi) is 4.43. The average Bonchev–Trinajstić information content (AvgIpc) is 2.41. The van der Waals surface area contributed by atoms with Crippen molar-refractivity contribution < 1.29 is 9.18 Å². The first-order chi connectivity index (χ1) is 9.40. The van der Waals surface area contributed by atoms with Crippen LogP contribution in [0.25, 0.3) is 0 Å². The highest BCUT2D eigenvalue weighted by atomic mass is 19.1. The van der Waals surface area contributed by atoms with Gasteiger partial charge in [-0.25, -0.2) is 4.39 Å². The molecule has 1 aliphatic heterocycles. The molecule has 20 heavy (non-hydrogen) atoms. The van der Waals surface area contributed by atoms with Gasteiger partial charge in [-0.3, -0.25) is 4.79 Å². The van der Waals surface area contributed by atoms with Crippen molar-refractivity contribution in [1.29, 1.82) is 0 Å². The molecule has 1 aromatic rings. The Morgan fingerprint density at radius 1 is 1.35 bits per heavy atom. The highest BCUT2D eigenvalue weighted by Crippen LogP contribution is 2.28. The normalized spacial score (nSPS) is 17.2. The zero-order valence-corrected chi connectivity index (χ0v) is 12.7. The standard InChI is InChI=1S/C16H23FN2O/c1-11-9-16(14(12(2)20)10-15(11)17)19(4)13-5-7-18(3)8-6-13/h9-10,13H,5-8H2,1-4H3. The second kappa shape index (κ2) is 5.92. The molecule has 1 heterocycles. The maximum atomic E-state index is 13.7. The lowest BCUT2D eigenvalue weighted by Gasteiger charge is -2.37. The van der Waals surface area contributed by atoms with E-state index in [2.05, 4.69) is 16.8 Å². The van der Waals surface area contributed by atoms with Crippen molar-refractivity contribution in [1.82, 2.24) is 4.90 Å². The first kappa shape index (κ1) is 15.0. The number of ketones is 1. The third-order valence-electron chi connectivity index (χ3n) is 4.27. The fourth-order valence-corrected chi connectivity index (χ4v) is 2.82. The van der Waals surface area contributed by atoms with Gasteiger partial charge in [-0.1, -0.05) is 0 Å². The van der Waals surface area contributed by atoms with Crippen LogP contribution in [0.3, 0.4) is 0 Å². The van der Waals surface area contributed by atoms with Gasteiger partial charge in [0.2, 0.25) is 0 Å². The van der Waals surface area contributed by atoms with E-state index >= 15 is 0 Å². The molecule has 3 nitrogen and oxygen atoms in total. The Labute approximate surface area is 120 Å². The van der Waals surface area contributed by atoms with E-state index in [1.807, 2.05) is 7.05 Å². The summed E-state index contributed by atoms with van der Waals surface area (Å²) in [6.07, 6.45) is 2.14. The first-order valence-electron chi connectivity index (χ1n) is 7.12. The lowest BCUT2D eigenvalue weighted by Crippen LogP contribution is -2.42. The molecule has 0 radical (unpaired) electrons. The summed E-state index contributed by atoms with van der Waals surface area (Å²) in [5, 5.41) is 0. The van der Waals surface area contributed by atoms with Crippen LogP contribution in [0.2, 0.25) is 0 Å². The summed E-state index contributed by atoms with van der Waals surface area (Å²) >= 11 is 0. The van der Waals surface area contributed by atoms with Crippen LogP contribution in [0.4, 0.5) is 10.1 Å². The van der Waals surface area contributed by atoms with E-state index < -0.39 is 0 Å². The molecule has 0 amide bonds. The number of rotatable bonds is 3. The molecular formula is C16H23FN2O. The van der Waals surface area contributed by atoms with E-state index in [0.717, 1.165) is 31.6 Å². The van der Waals surface area contributed by atoms with Crippen molar-refractivity contribution in [3.8, 4) is 0 Å². The Morgan fingerprint density at radius 3 is 2.50 bits per heavy atom. The lowest BCUT2D eigenvalue weighted by molar-refractivity contribution is 0.101. The molecule has 0 N–H and O–H groups in total. The largest absolute Gasteiger partial charge is 0.371 e. The lowest BCUT2D eigenvalue weighted by atomic mass is 10.00. The number of carbonyl (C=O) groups is 1. The SMILES string of the molecule is CC(=O)c1cc(F)c(C)cc1N(C)C1CCN(C)CC1. The Morgan fingerprint density at radius 2 is 1.95 bits per heavy atom. The molecule has 0 aromatic heterocycles. The third kappa shape index (κ3) is 3.01. The van der Waals surface area contributed by atoms with Crippen LogP contribution in [-0.2, 0) is 0 Å². The zero-order valence-electron chi connectivity index (χ0n) is 12.7. The van der Waals surface area contributed by atoms with Crippen molar-refractivity contribution in [2.75, 3.05) is 32.1 Å². The van der Waals surface area contributed by atoms with Gasteiger partial charge in [0.15, 0.2) is 5.78 Å². The molecule has 1 aliphatic rings. The first-order valence-corrected chi connectivity index (χ1v) is 7.12. The molecule has 1 fully saturated rings. The topological polar surface area (TPSA) is 23.6 Å². The van der Waals surface area contributed by atoms with Gasteiger partial charge in [0.25, 0.3) is 0 Å². The number of benzene rings is 1. The highest BCUT2D eigenvalue weighted by molar-refractivity contribution is 6.00. The predicted octanol–water partition coefficient (Wildman–Crippen LogP) is 2.87. The molecular weight excluding hydrogens is 255 g/mol. The molecule has 0 bridgehead atoms. The molecule has 1 saturated heterocycles. The summed E-state index contributed by atoms with van der Waals surface area (Å²) in [5.74, 6) is -0.394. The van der Waals surface area contributed by atoms with Crippen molar-refractivity contribution in [2.45, 2.75) is 32.7 Å². The third-order valence-corrected chi connectivity index (χ3v) is 4.27. The number of anilines is 1. The summed E-state index contributed by atoms with van der Waals surface area (Å²) in [6, 6.07) is 3.58. The fourth-order valence-electron chi connectivity index (χ4n) is 2.82. The van der Waals surface area contributed by atoms with Crippen LogP contribution in [0.1, 0.15) is 35.7 Å². The summed E-state index contributed by atoms with van der Waals surface area (Å²) in [5.41, 5.74) is 1.92. The molecule has 1 aromatic carbocycles. The number of hydrogen-bond donors (Lipinski definition) is 0. The number of likely N-dealkylation sites (tertiary alicyclic amines) is 1. The van der Waals surface area contributed by atoms with Crippen molar-refractivity contribution in [3.05, 3.63) is 29.1 Å². The molecule has 110 valence electrons. The van der Waals surface area contributed by atoms with Crippen LogP contribution < -0.4 is 4.90 Å². The predicted molar refractivity (Wildman–Crippen MR) is 80.1 cm³/mol. The van der Waals surface area contributed by atoms with Gasteiger partial charge in [0.05, 0.1) is 0 Å². The minimum atomic E-state index is -0.310. The minimum absolute atomic E-state index is 0.0846. The number of carbonyl (C=O) groups excluding carboxylic acids is 1. The monoisotopic (exact) mass is 278 g/mol. The highest BCUT2D eigenvalue weighted by Gasteiger charge is 2.24. The van der Waals surface area contributed by atoms with E-state index in [0.29, 0.717) is 17.2 Å². The maximum Gasteiger partial charge on any atom is 0.161 e. The van der Waals surface area contributed by atoms with Gasteiger partial charge in [0.1, 0.15) is 5.82 Å². The molecule has 0 saturated carbocycles. The second-order valence-electron chi connectivity index (χ2n) is 5.82. The van der Waals surface area contributed by atoms with Crippen molar-refractivity contribution in [3.63, 3.8) is 0 Å². The average molecular weight is 278 g/mol. The van der Waals surface area contributed by atoms with E-state index in [1.54, 1.807) is 13.0 Å². The second-order valence-corrected chi connectivity index (χ2v) is 5.82. The van der Waals surface area contributed by atoms with Crippen LogP contribution in [-0.4, -0.2) is 43.9 Å². The van der Waals surface area contributed by atoms with Crippen molar-refractivity contribution in [2.24, 2.45) is 0 Å². The Bertz CT molecular complexity index is 507. The van der Waals surface area contributed by atoms with Gasteiger partial charge >= 0.3 is 0 Å². The number of nitrogens with zero attached hydrogens (tertiary/aromatic N) is 2. The smallest absolute Gasteiger partial charge is 0.161 e. The van der Waals surface area contributed by atoms with Gasteiger partial charge in [-0.05, 0) is 64.5 Å². The van der Waals surface area contributed by atoms with E-state index in [4.69, 9.17) is 0 Å². The molecule has 0 atom stereocenters. The van der Waals surface area contributed by atoms with E-state index in [1.165, 1.54) is 13.0 Å². The molecule has 0 spiro atoms. The van der Waals surface area contributed by atoms with Crippen LogP contribution >= 0.6 is 0 Å². The number of aryl methyl sites for hydroxylation is 1. The molecule has 0 unspecified atom stereocenters. The van der Waals surface area contributed by atoms with Crippen LogP contribution in [0, 0.1) is 12.7 Å². The maximum absolute atomic E-state index is 13.7. The number of piperidine rings is 1. The summed E-state index contributed by atoms with van der Waals surface area (Å²) in [6.45, 7) is 5.36. The fraction of sp³-hybridized carbons (Fsp3) is 0.562. The summed E-state index contributed by atoms with van der Waals surface area (Å²) in [4.78, 5) is 16.2. The number of hydrogen-bond acceptors (Lipinski definition) is 3. The summed E-state index contributed by atoms with van der Waals surface area (Å²) < 4.78 is 13.7. The van der Waals surface area contributed by atoms with Crippen LogP contribution in [0.5, 0.6) is 0 Å². The van der Waals surface area contributed by atoms with E-state index in [9.17, 15) is 9.18 Å². The number of halogens is 1. The van der Waals surface area contributed by atoms with Gasteiger partial charge in [0, 0.05) is 24.3 Å². The minimum Gasteiger partial charge on any atom is -0.371 e. The molecule has 4 heteroatoms. The van der Waals surface area contributed by atoms with Gasteiger partial charge in [-0.2, -0.15) is 0 Å². The van der Waals surface area contributed by atoms with E-state index in [-0.39, 0.29) is 11.6 Å². The molecule has 0 aliphatic carbocycles. The molecule has 2 rings (SSSR count). The number of Topliss-reactive ketones (excluding diaryl/α,β-unsaturated/α-hetero) is 1. The quantitative estimate of drug-likeness (QED) is 0.794. The Hall–Kier alpha value is -1.42. The summed E-state index contributed by atoms with van der Waals surface area (Å²) in [7, 11) is 4.13. The van der Waals surface area contributed by atoms with Crippen molar-refractivity contribution >= 4 is 11.5 Å². The zero-order chi connectivity index (χ0) is 14.9. The van der Waals surface area contributed by atoms with Crippen LogP contribution in [0.15, 0.2) is 12.1 Å². The van der Waals surface area contributed by atoms with Gasteiger partial charge < -0.3 is 9.80 Å². The Balaban J connectivity index is 2.31.